The van der Waals surface area contributed by atoms with Gasteiger partial charge in [0.25, 0.3) is 5.91 Å². The second-order valence-electron chi connectivity index (χ2n) is 6.76. The number of likely N-dealkylation sites (tertiary alicyclic amines) is 1. The van der Waals surface area contributed by atoms with Crippen LogP contribution < -0.4 is 0 Å². The highest BCUT2D eigenvalue weighted by Gasteiger charge is 2.41. The van der Waals surface area contributed by atoms with Crippen molar-refractivity contribution >= 4 is 5.91 Å². The van der Waals surface area contributed by atoms with Crippen molar-refractivity contribution in [2.45, 2.75) is 31.3 Å². The van der Waals surface area contributed by atoms with Crippen molar-refractivity contribution in [1.29, 1.82) is 0 Å². The van der Waals surface area contributed by atoms with Gasteiger partial charge in [-0.25, -0.2) is 9.07 Å². The Labute approximate surface area is 155 Å². The quantitative estimate of drug-likeness (QED) is 0.860. The number of aliphatic hydroxyl groups is 1. The fourth-order valence-electron chi connectivity index (χ4n) is 3.50. The van der Waals surface area contributed by atoms with Crippen LogP contribution in [0.15, 0.2) is 30.5 Å². The van der Waals surface area contributed by atoms with Crippen molar-refractivity contribution in [2.75, 3.05) is 26.3 Å². The molecular formula is C18H21FN4O4. The third-order valence-electron chi connectivity index (χ3n) is 5.01. The Morgan fingerprint density at radius 3 is 2.67 bits per heavy atom. The molecule has 1 N–H and O–H groups in total. The first kappa shape index (κ1) is 18.0. The van der Waals surface area contributed by atoms with Gasteiger partial charge in [0, 0.05) is 31.5 Å². The average molecular weight is 376 g/mol. The molecular weight excluding hydrogens is 355 g/mol. The van der Waals surface area contributed by atoms with Crippen LogP contribution in [0, 0.1) is 5.82 Å². The molecule has 1 aromatic carbocycles. The third-order valence-corrected chi connectivity index (χ3v) is 5.01. The molecule has 1 unspecified atom stereocenters. The maximum Gasteiger partial charge on any atom is 0.276 e. The number of amides is 1. The molecule has 2 saturated heterocycles. The van der Waals surface area contributed by atoms with Crippen LogP contribution in [0.5, 0.6) is 0 Å². The smallest absolute Gasteiger partial charge is 0.276 e. The molecule has 2 aromatic rings. The van der Waals surface area contributed by atoms with Gasteiger partial charge in [-0.15, -0.1) is 5.10 Å². The first-order valence-electron chi connectivity index (χ1n) is 8.96. The highest BCUT2D eigenvalue weighted by molar-refractivity contribution is 5.92. The minimum atomic E-state index is -1.08. The zero-order valence-corrected chi connectivity index (χ0v) is 14.8. The fourth-order valence-corrected chi connectivity index (χ4v) is 3.50. The lowest BCUT2D eigenvalue weighted by Crippen LogP contribution is -2.47. The molecule has 4 rings (SSSR count). The van der Waals surface area contributed by atoms with Gasteiger partial charge in [-0.3, -0.25) is 4.79 Å². The van der Waals surface area contributed by atoms with E-state index in [0.29, 0.717) is 39.1 Å². The van der Waals surface area contributed by atoms with Gasteiger partial charge in [-0.2, -0.15) is 0 Å². The summed E-state index contributed by atoms with van der Waals surface area (Å²) in [7, 11) is 0. The summed E-state index contributed by atoms with van der Waals surface area (Å²) in [6.45, 7) is 2.22. The van der Waals surface area contributed by atoms with Gasteiger partial charge in [0.05, 0.1) is 26.0 Å². The number of hydrogen-bond donors (Lipinski definition) is 1. The highest BCUT2D eigenvalue weighted by atomic mass is 19.1. The first-order chi connectivity index (χ1) is 13.1. The van der Waals surface area contributed by atoms with Crippen LogP contribution in [0.3, 0.4) is 0 Å². The van der Waals surface area contributed by atoms with Crippen molar-refractivity contribution in [3.05, 3.63) is 47.5 Å². The minimum absolute atomic E-state index is 0.00596. The number of carbonyl (C=O) groups excluding carboxylic acids is 1. The van der Waals surface area contributed by atoms with E-state index in [1.54, 1.807) is 17.0 Å². The van der Waals surface area contributed by atoms with Crippen molar-refractivity contribution in [3.63, 3.8) is 0 Å². The van der Waals surface area contributed by atoms with Crippen molar-refractivity contribution < 1.29 is 23.8 Å². The number of carbonyl (C=O) groups is 1. The molecule has 0 aliphatic carbocycles. The summed E-state index contributed by atoms with van der Waals surface area (Å²) < 4.78 is 26.4. The summed E-state index contributed by atoms with van der Waals surface area (Å²) >= 11 is 0. The molecule has 8 nitrogen and oxygen atoms in total. The fraction of sp³-hybridized carbons (Fsp3) is 0.500. The molecule has 0 bridgehead atoms. The van der Waals surface area contributed by atoms with Gasteiger partial charge < -0.3 is 19.5 Å². The predicted molar refractivity (Wildman–Crippen MR) is 91.2 cm³/mol. The minimum Gasteiger partial charge on any atom is -0.386 e. The van der Waals surface area contributed by atoms with Crippen molar-refractivity contribution in [2.24, 2.45) is 0 Å². The lowest BCUT2D eigenvalue weighted by atomic mass is 10.0. The van der Waals surface area contributed by atoms with E-state index in [4.69, 9.17) is 9.47 Å². The van der Waals surface area contributed by atoms with E-state index in [1.807, 2.05) is 0 Å². The number of halogens is 1. The molecule has 1 amide bonds. The number of benzene rings is 1. The Morgan fingerprint density at radius 1 is 1.26 bits per heavy atom. The van der Waals surface area contributed by atoms with Gasteiger partial charge in [-0.1, -0.05) is 23.4 Å². The van der Waals surface area contributed by atoms with Crippen LogP contribution >= 0.6 is 0 Å². The van der Waals surface area contributed by atoms with E-state index in [1.165, 1.54) is 23.0 Å². The molecule has 0 radical (unpaired) electrons. The largest absolute Gasteiger partial charge is 0.386 e. The lowest BCUT2D eigenvalue weighted by Gasteiger charge is -2.37. The predicted octanol–water partition coefficient (Wildman–Crippen LogP) is 1.13. The van der Waals surface area contributed by atoms with E-state index in [0.717, 1.165) is 0 Å². The molecule has 27 heavy (non-hydrogen) atoms. The second-order valence-corrected chi connectivity index (χ2v) is 6.76. The number of aliphatic hydroxyl groups excluding tert-OH is 1. The van der Waals surface area contributed by atoms with Gasteiger partial charge in [-0.05, 0) is 6.07 Å². The second kappa shape index (κ2) is 7.34. The van der Waals surface area contributed by atoms with E-state index < -0.39 is 17.7 Å². The van der Waals surface area contributed by atoms with E-state index >= 15 is 0 Å². The van der Waals surface area contributed by atoms with Crippen LogP contribution in [0.1, 0.15) is 35.0 Å². The molecule has 2 aliphatic rings. The zero-order valence-electron chi connectivity index (χ0n) is 14.8. The summed E-state index contributed by atoms with van der Waals surface area (Å²) in [6, 6.07) is 6.01. The number of aromatic nitrogens is 3. The molecule has 0 saturated carbocycles. The van der Waals surface area contributed by atoms with Gasteiger partial charge >= 0.3 is 0 Å². The first-order valence-corrected chi connectivity index (χ1v) is 8.96. The molecule has 1 aromatic heterocycles. The van der Waals surface area contributed by atoms with Gasteiger partial charge in [0.15, 0.2) is 11.5 Å². The maximum absolute atomic E-state index is 13.8. The number of nitrogens with zero attached hydrogens (tertiary/aromatic N) is 4. The van der Waals surface area contributed by atoms with Crippen LogP contribution in [-0.2, 0) is 16.0 Å². The van der Waals surface area contributed by atoms with E-state index in [9.17, 15) is 14.3 Å². The van der Waals surface area contributed by atoms with Crippen LogP contribution in [0.25, 0.3) is 0 Å². The SMILES string of the molecule is O=C(c1cn(CC(O)c2ccccc2F)nn1)N1CCC2(CC1)OCCO2. The van der Waals surface area contributed by atoms with Crippen molar-refractivity contribution in [1.82, 2.24) is 19.9 Å². The number of rotatable bonds is 4. The summed E-state index contributed by atoms with van der Waals surface area (Å²) in [5, 5.41) is 18.0. The Balaban J connectivity index is 1.37. The lowest BCUT2D eigenvalue weighted by molar-refractivity contribution is -0.181. The Morgan fingerprint density at radius 2 is 1.96 bits per heavy atom. The number of hydrogen-bond acceptors (Lipinski definition) is 6. The zero-order chi connectivity index (χ0) is 18.9. The molecule has 3 heterocycles. The standard InChI is InChI=1S/C18H21FN4O4/c19-14-4-2-1-3-13(14)16(24)12-23-11-15(20-21-23)17(25)22-7-5-18(6-8-22)26-9-10-27-18/h1-4,11,16,24H,5-10,12H2. The Kier molecular flexibility index (Phi) is 4.90. The molecule has 2 aliphatic heterocycles. The van der Waals surface area contributed by atoms with Crippen LogP contribution in [-0.4, -0.2) is 63.0 Å². The monoisotopic (exact) mass is 376 g/mol. The maximum atomic E-state index is 13.8. The average Bonchev–Trinajstić information content (AvgIpc) is 3.32. The van der Waals surface area contributed by atoms with Crippen LogP contribution in [0.2, 0.25) is 0 Å². The number of piperidine rings is 1. The third kappa shape index (κ3) is 3.71. The molecule has 144 valence electrons. The summed E-state index contributed by atoms with van der Waals surface area (Å²) in [5.41, 5.74) is 0.374. The number of ether oxygens (including phenoxy) is 2. The molecule has 2 fully saturated rings. The van der Waals surface area contributed by atoms with Crippen LogP contribution in [0.4, 0.5) is 4.39 Å². The summed E-state index contributed by atoms with van der Waals surface area (Å²) in [4.78, 5) is 14.3. The highest BCUT2D eigenvalue weighted by Crippen LogP contribution is 2.31. The normalized spacial score (nSPS) is 20.1. The van der Waals surface area contributed by atoms with Gasteiger partial charge in [0.2, 0.25) is 0 Å². The topological polar surface area (TPSA) is 89.7 Å². The molecule has 9 heteroatoms. The molecule has 1 spiro atoms. The van der Waals surface area contributed by atoms with E-state index in [2.05, 4.69) is 10.3 Å². The molecule has 1 atom stereocenters. The van der Waals surface area contributed by atoms with Gasteiger partial charge in [0.1, 0.15) is 11.9 Å². The summed E-state index contributed by atoms with van der Waals surface area (Å²) in [5.74, 6) is -1.26. The Bertz CT molecular complexity index is 811. The summed E-state index contributed by atoms with van der Waals surface area (Å²) in [6.07, 6.45) is 1.64. The Hall–Kier alpha value is -2.36. The van der Waals surface area contributed by atoms with Crippen molar-refractivity contribution in [3.8, 4) is 0 Å². The van der Waals surface area contributed by atoms with E-state index in [-0.39, 0.29) is 23.7 Å².